The molecular formula is C18H29N3O3S. The van der Waals surface area contributed by atoms with Crippen molar-refractivity contribution in [2.24, 2.45) is 0 Å². The van der Waals surface area contributed by atoms with E-state index in [2.05, 4.69) is 23.5 Å². The number of amides is 1. The van der Waals surface area contributed by atoms with Crippen molar-refractivity contribution < 1.29 is 13.2 Å². The molecule has 0 radical (unpaired) electrons. The van der Waals surface area contributed by atoms with Crippen LogP contribution in [0.3, 0.4) is 0 Å². The second-order valence-corrected chi connectivity index (χ2v) is 8.57. The van der Waals surface area contributed by atoms with Crippen molar-refractivity contribution in [1.82, 2.24) is 14.5 Å². The van der Waals surface area contributed by atoms with Crippen LogP contribution in [0.25, 0.3) is 0 Å². The molecule has 1 heterocycles. The lowest BCUT2D eigenvalue weighted by Crippen LogP contribution is -2.47. The summed E-state index contributed by atoms with van der Waals surface area (Å²) < 4.78 is 26.4. The Morgan fingerprint density at radius 2 is 1.80 bits per heavy atom. The van der Waals surface area contributed by atoms with E-state index in [0.717, 1.165) is 25.9 Å². The van der Waals surface area contributed by atoms with Gasteiger partial charge in [-0.2, -0.15) is 0 Å². The second-order valence-electron chi connectivity index (χ2n) is 6.80. The van der Waals surface area contributed by atoms with Crippen LogP contribution in [0.4, 0.5) is 0 Å². The third-order valence-electron chi connectivity index (χ3n) is 4.84. The van der Waals surface area contributed by atoms with Crippen molar-refractivity contribution in [1.29, 1.82) is 0 Å². The first kappa shape index (κ1) is 19.9. The lowest BCUT2D eigenvalue weighted by molar-refractivity contribution is 0.0615. The van der Waals surface area contributed by atoms with Gasteiger partial charge in [-0.05, 0) is 51.0 Å². The number of benzene rings is 1. The summed E-state index contributed by atoms with van der Waals surface area (Å²) in [5.74, 6) is -0.0598. The van der Waals surface area contributed by atoms with E-state index in [-0.39, 0.29) is 16.8 Å². The highest BCUT2D eigenvalue weighted by Crippen LogP contribution is 2.20. The van der Waals surface area contributed by atoms with Gasteiger partial charge in [0.1, 0.15) is 0 Å². The SMILES string of the molecule is CCNS(=O)(=O)c1ccc(C(=O)N(C)C2CCN(C(C)C)CC2)cc1. The van der Waals surface area contributed by atoms with Gasteiger partial charge in [0.25, 0.3) is 5.91 Å². The average molecular weight is 368 g/mol. The minimum atomic E-state index is -3.49. The molecule has 0 aromatic heterocycles. The van der Waals surface area contributed by atoms with Crippen LogP contribution in [0.2, 0.25) is 0 Å². The van der Waals surface area contributed by atoms with E-state index >= 15 is 0 Å². The summed E-state index contributed by atoms with van der Waals surface area (Å²) in [6.45, 7) is 8.45. The maximum atomic E-state index is 12.7. The Balaban J connectivity index is 2.03. The van der Waals surface area contributed by atoms with Gasteiger partial charge in [0.15, 0.2) is 0 Å². The molecule has 1 amide bonds. The maximum absolute atomic E-state index is 12.7. The summed E-state index contributed by atoms with van der Waals surface area (Å²) in [5.41, 5.74) is 0.518. The highest BCUT2D eigenvalue weighted by Gasteiger charge is 2.27. The number of rotatable bonds is 6. The van der Waals surface area contributed by atoms with Gasteiger partial charge >= 0.3 is 0 Å². The summed E-state index contributed by atoms with van der Waals surface area (Å²) in [6, 6.07) is 6.92. The lowest BCUT2D eigenvalue weighted by Gasteiger charge is -2.38. The number of nitrogens with zero attached hydrogens (tertiary/aromatic N) is 2. The van der Waals surface area contributed by atoms with Crippen molar-refractivity contribution in [2.75, 3.05) is 26.7 Å². The number of piperidine rings is 1. The van der Waals surface area contributed by atoms with Crippen molar-refractivity contribution in [3.63, 3.8) is 0 Å². The van der Waals surface area contributed by atoms with E-state index in [1.54, 1.807) is 24.0 Å². The summed E-state index contributed by atoms with van der Waals surface area (Å²) >= 11 is 0. The van der Waals surface area contributed by atoms with Crippen LogP contribution >= 0.6 is 0 Å². The molecule has 1 aromatic rings. The molecule has 25 heavy (non-hydrogen) atoms. The number of nitrogens with one attached hydrogen (secondary N) is 1. The largest absolute Gasteiger partial charge is 0.339 e. The third kappa shape index (κ3) is 4.80. The fourth-order valence-electron chi connectivity index (χ4n) is 3.21. The van der Waals surface area contributed by atoms with Crippen LogP contribution in [0.15, 0.2) is 29.2 Å². The zero-order chi connectivity index (χ0) is 18.6. The van der Waals surface area contributed by atoms with Crippen LogP contribution < -0.4 is 4.72 Å². The summed E-state index contributed by atoms with van der Waals surface area (Å²) in [4.78, 5) is 17.1. The zero-order valence-corrected chi connectivity index (χ0v) is 16.3. The fourth-order valence-corrected chi connectivity index (χ4v) is 4.25. The van der Waals surface area contributed by atoms with Gasteiger partial charge in [0, 0.05) is 44.3 Å². The van der Waals surface area contributed by atoms with Gasteiger partial charge in [-0.1, -0.05) is 6.92 Å². The molecule has 0 unspecified atom stereocenters. The molecule has 1 fully saturated rings. The lowest BCUT2D eigenvalue weighted by atomic mass is 10.0. The van der Waals surface area contributed by atoms with E-state index in [4.69, 9.17) is 0 Å². The molecule has 0 aliphatic carbocycles. The normalized spacial score (nSPS) is 17.0. The number of hydrogen-bond donors (Lipinski definition) is 1. The van der Waals surface area contributed by atoms with Crippen LogP contribution in [0, 0.1) is 0 Å². The van der Waals surface area contributed by atoms with Gasteiger partial charge < -0.3 is 9.80 Å². The summed E-state index contributed by atoms with van der Waals surface area (Å²) in [7, 11) is -1.65. The van der Waals surface area contributed by atoms with E-state index < -0.39 is 10.0 Å². The van der Waals surface area contributed by atoms with Crippen molar-refractivity contribution in [3.05, 3.63) is 29.8 Å². The third-order valence-corrected chi connectivity index (χ3v) is 6.40. The molecule has 2 rings (SSSR count). The van der Waals surface area contributed by atoms with Crippen LogP contribution in [-0.4, -0.2) is 62.9 Å². The second kappa shape index (κ2) is 8.29. The number of sulfonamides is 1. The van der Waals surface area contributed by atoms with Crippen molar-refractivity contribution in [2.45, 2.75) is 50.6 Å². The summed E-state index contributed by atoms with van der Waals surface area (Å²) in [6.07, 6.45) is 1.93. The highest BCUT2D eigenvalue weighted by molar-refractivity contribution is 7.89. The number of carbonyl (C=O) groups is 1. The van der Waals surface area contributed by atoms with Crippen LogP contribution in [0.1, 0.15) is 44.0 Å². The fraction of sp³-hybridized carbons (Fsp3) is 0.611. The van der Waals surface area contributed by atoms with Crippen LogP contribution in [0.5, 0.6) is 0 Å². The minimum absolute atomic E-state index is 0.0598. The Hall–Kier alpha value is -1.44. The first-order valence-electron chi connectivity index (χ1n) is 8.87. The predicted octanol–water partition coefficient (Wildman–Crippen LogP) is 1.93. The van der Waals surface area contributed by atoms with Gasteiger partial charge in [-0.3, -0.25) is 4.79 Å². The molecule has 0 saturated carbocycles. The quantitative estimate of drug-likeness (QED) is 0.834. The zero-order valence-electron chi connectivity index (χ0n) is 15.5. The number of hydrogen-bond acceptors (Lipinski definition) is 4. The van der Waals surface area contributed by atoms with Crippen molar-refractivity contribution in [3.8, 4) is 0 Å². The average Bonchev–Trinajstić information content (AvgIpc) is 2.60. The number of likely N-dealkylation sites (tertiary alicyclic amines) is 1. The van der Waals surface area contributed by atoms with Crippen LogP contribution in [-0.2, 0) is 10.0 Å². The Kier molecular flexibility index (Phi) is 6.59. The molecule has 6 nitrogen and oxygen atoms in total. The van der Waals surface area contributed by atoms with E-state index in [0.29, 0.717) is 18.2 Å². The van der Waals surface area contributed by atoms with Gasteiger partial charge in [-0.15, -0.1) is 0 Å². The topological polar surface area (TPSA) is 69.7 Å². The van der Waals surface area contributed by atoms with E-state index in [1.807, 2.05) is 7.05 Å². The molecule has 1 aliphatic rings. The maximum Gasteiger partial charge on any atom is 0.253 e. The molecule has 0 bridgehead atoms. The first-order valence-corrected chi connectivity index (χ1v) is 10.4. The van der Waals surface area contributed by atoms with Gasteiger partial charge in [0.2, 0.25) is 10.0 Å². The van der Waals surface area contributed by atoms with Crippen molar-refractivity contribution >= 4 is 15.9 Å². The number of carbonyl (C=O) groups excluding carboxylic acids is 1. The molecule has 0 spiro atoms. The monoisotopic (exact) mass is 367 g/mol. The Bertz CT molecular complexity index is 678. The summed E-state index contributed by atoms with van der Waals surface area (Å²) in [5, 5.41) is 0. The molecule has 1 N–H and O–H groups in total. The molecule has 1 saturated heterocycles. The first-order chi connectivity index (χ1) is 11.8. The standard InChI is InChI=1S/C18H29N3O3S/c1-5-19-25(23,24)17-8-6-15(7-9-17)18(22)20(4)16-10-12-21(13-11-16)14(2)3/h6-9,14,16,19H,5,10-13H2,1-4H3. The molecule has 1 aliphatic heterocycles. The Morgan fingerprint density at radius 1 is 1.24 bits per heavy atom. The molecule has 140 valence electrons. The van der Waals surface area contributed by atoms with Gasteiger partial charge in [0.05, 0.1) is 4.90 Å². The minimum Gasteiger partial charge on any atom is -0.339 e. The smallest absolute Gasteiger partial charge is 0.253 e. The van der Waals surface area contributed by atoms with Gasteiger partial charge in [-0.25, -0.2) is 13.1 Å². The molecule has 1 aromatic carbocycles. The Labute approximate surface area is 151 Å². The molecule has 7 heteroatoms. The molecule has 0 atom stereocenters. The van der Waals surface area contributed by atoms with E-state index in [9.17, 15) is 13.2 Å². The Morgan fingerprint density at radius 3 is 2.28 bits per heavy atom. The highest BCUT2D eigenvalue weighted by atomic mass is 32.2. The molecular weight excluding hydrogens is 338 g/mol. The predicted molar refractivity (Wildman–Crippen MR) is 99.1 cm³/mol. The van der Waals surface area contributed by atoms with E-state index in [1.165, 1.54) is 12.1 Å².